The van der Waals surface area contributed by atoms with Gasteiger partial charge in [0.2, 0.25) is 0 Å². The Bertz CT molecular complexity index is 502. The normalized spacial score (nSPS) is 27.9. The summed E-state index contributed by atoms with van der Waals surface area (Å²) < 4.78 is 0.791. The van der Waals surface area contributed by atoms with Gasteiger partial charge in [-0.15, -0.1) is 0 Å². The molecular weight excluding hydrogens is 264 g/mol. The third kappa shape index (κ3) is 3.13. The van der Waals surface area contributed by atoms with E-state index in [0.717, 1.165) is 10.6 Å². The maximum absolute atomic E-state index is 5.42. The third-order valence-corrected chi connectivity index (χ3v) is 5.53. The van der Waals surface area contributed by atoms with Gasteiger partial charge in [0.05, 0.1) is 0 Å². The van der Waals surface area contributed by atoms with E-state index in [4.69, 9.17) is 12.2 Å². The minimum absolute atomic E-state index is 0.608. The van der Waals surface area contributed by atoms with Crippen molar-refractivity contribution in [3.8, 4) is 0 Å². The predicted molar refractivity (Wildman–Crippen MR) is 85.6 cm³/mol. The Morgan fingerprint density at radius 2 is 1.90 bits per heavy atom. The van der Waals surface area contributed by atoms with Crippen LogP contribution in [0.2, 0.25) is 0 Å². The van der Waals surface area contributed by atoms with Crippen LogP contribution in [0.25, 0.3) is 0 Å². The summed E-state index contributed by atoms with van der Waals surface area (Å²) in [5.41, 5.74) is 1.36. The Labute approximate surface area is 127 Å². The first-order chi connectivity index (χ1) is 9.76. The summed E-state index contributed by atoms with van der Waals surface area (Å²) >= 11 is 5.42. The fourth-order valence-electron chi connectivity index (χ4n) is 4.06. The third-order valence-electron chi connectivity index (χ3n) is 5.32. The summed E-state index contributed by atoms with van der Waals surface area (Å²) in [5.74, 6) is 3.37. The van der Waals surface area contributed by atoms with E-state index in [-0.39, 0.29) is 0 Å². The van der Waals surface area contributed by atoms with Crippen molar-refractivity contribution in [3.05, 3.63) is 22.2 Å². The maximum atomic E-state index is 5.42. The zero-order chi connectivity index (χ0) is 13.9. The van der Waals surface area contributed by atoms with E-state index in [1.54, 1.807) is 0 Å². The minimum atomic E-state index is 0.608. The lowest BCUT2D eigenvalue weighted by molar-refractivity contribution is 0.306. The number of aromatic amines is 1. The van der Waals surface area contributed by atoms with Crippen LogP contribution < -0.4 is 0 Å². The molecule has 0 bridgehead atoms. The van der Waals surface area contributed by atoms with Gasteiger partial charge < -0.3 is 4.98 Å². The second-order valence-corrected chi connectivity index (χ2v) is 7.10. The smallest absolute Gasteiger partial charge is 0.130 e. The van der Waals surface area contributed by atoms with Crippen LogP contribution in [-0.4, -0.2) is 9.97 Å². The molecule has 0 aromatic carbocycles. The van der Waals surface area contributed by atoms with Crippen LogP contribution in [0.3, 0.4) is 0 Å². The van der Waals surface area contributed by atoms with Crippen LogP contribution in [0, 0.1) is 10.6 Å². The Morgan fingerprint density at radius 1 is 1.15 bits per heavy atom. The topological polar surface area (TPSA) is 28.7 Å². The molecule has 2 aliphatic rings. The zero-order valence-corrected chi connectivity index (χ0v) is 13.3. The second kappa shape index (κ2) is 6.38. The van der Waals surface area contributed by atoms with Crippen molar-refractivity contribution in [2.45, 2.75) is 76.5 Å². The summed E-state index contributed by atoms with van der Waals surface area (Å²) in [7, 11) is 0. The molecule has 110 valence electrons. The van der Waals surface area contributed by atoms with Crippen LogP contribution in [0.1, 0.15) is 88.1 Å². The van der Waals surface area contributed by atoms with Crippen molar-refractivity contribution in [2.24, 2.45) is 5.92 Å². The van der Waals surface area contributed by atoms with Gasteiger partial charge in [0.1, 0.15) is 10.5 Å². The average molecular weight is 290 g/mol. The van der Waals surface area contributed by atoms with Gasteiger partial charge in [0, 0.05) is 11.6 Å². The molecule has 2 atom stereocenters. The average Bonchev–Trinajstić information content (AvgIpc) is 3.01. The summed E-state index contributed by atoms with van der Waals surface area (Å²) in [6, 6.07) is 2.11. The number of H-pyrrole nitrogens is 1. The molecule has 2 nitrogen and oxygen atoms in total. The molecule has 0 aliphatic heterocycles. The lowest BCUT2D eigenvalue weighted by Crippen LogP contribution is -2.17. The van der Waals surface area contributed by atoms with Gasteiger partial charge in [0.25, 0.3) is 0 Å². The van der Waals surface area contributed by atoms with Gasteiger partial charge in [-0.2, -0.15) is 0 Å². The largest absolute Gasteiger partial charge is 0.347 e. The van der Waals surface area contributed by atoms with Crippen LogP contribution in [-0.2, 0) is 0 Å². The lowest BCUT2D eigenvalue weighted by atomic mass is 9.80. The fourth-order valence-corrected chi connectivity index (χ4v) is 4.28. The van der Waals surface area contributed by atoms with Crippen molar-refractivity contribution in [1.29, 1.82) is 0 Å². The monoisotopic (exact) mass is 290 g/mol. The maximum Gasteiger partial charge on any atom is 0.130 e. The van der Waals surface area contributed by atoms with E-state index >= 15 is 0 Å². The molecule has 2 aliphatic carbocycles. The Balaban J connectivity index is 1.83. The van der Waals surface area contributed by atoms with Crippen molar-refractivity contribution >= 4 is 12.2 Å². The van der Waals surface area contributed by atoms with Gasteiger partial charge in [-0.25, -0.2) is 4.98 Å². The predicted octanol–water partition coefficient (Wildman–Crippen LogP) is 5.48. The first kappa shape index (κ1) is 14.2. The highest BCUT2D eigenvalue weighted by molar-refractivity contribution is 7.71. The lowest BCUT2D eigenvalue weighted by Gasteiger charge is -2.28. The molecule has 0 saturated heterocycles. The SMILES string of the molecule is CCC1CCCC(c2nc(=S)cc(C3CCCC3)[nH]2)C1. The van der Waals surface area contributed by atoms with Crippen LogP contribution in [0.15, 0.2) is 6.07 Å². The molecular formula is C17H26N2S. The molecule has 2 saturated carbocycles. The van der Waals surface area contributed by atoms with E-state index in [9.17, 15) is 0 Å². The molecule has 0 spiro atoms. The number of hydrogen-bond donors (Lipinski definition) is 1. The van der Waals surface area contributed by atoms with E-state index in [2.05, 4.69) is 23.0 Å². The zero-order valence-electron chi connectivity index (χ0n) is 12.5. The van der Waals surface area contributed by atoms with Crippen molar-refractivity contribution in [1.82, 2.24) is 9.97 Å². The minimum Gasteiger partial charge on any atom is -0.347 e. The molecule has 0 radical (unpaired) electrons. The number of nitrogens with one attached hydrogen (secondary N) is 1. The molecule has 0 amide bonds. The van der Waals surface area contributed by atoms with Gasteiger partial charge >= 0.3 is 0 Å². The van der Waals surface area contributed by atoms with Crippen LogP contribution >= 0.6 is 12.2 Å². The van der Waals surface area contributed by atoms with Crippen LogP contribution in [0.4, 0.5) is 0 Å². The number of aromatic nitrogens is 2. The molecule has 3 heteroatoms. The summed E-state index contributed by atoms with van der Waals surface area (Å²) in [6.45, 7) is 2.32. The molecule has 1 N–H and O–H groups in total. The van der Waals surface area contributed by atoms with Gasteiger partial charge in [-0.3, -0.25) is 0 Å². The fraction of sp³-hybridized carbons (Fsp3) is 0.765. The first-order valence-corrected chi connectivity index (χ1v) is 8.78. The Hall–Kier alpha value is -0.700. The quantitative estimate of drug-likeness (QED) is 0.747. The Kier molecular flexibility index (Phi) is 4.54. The van der Waals surface area contributed by atoms with Gasteiger partial charge in [-0.05, 0) is 43.6 Å². The van der Waals surface area contributed by atoms with Crippen molar-refractivity contribution in [2.75, 3.05) is 0 Å². The molecule has 20 heavy (non-hydrogen) atoms. The van der Waals surface area contributed by atoms with E-state index < -0.39 is 0 Å². The van der Waals surface area contributed by atoms with Crippen LogP contribution in [0.5, 0.6) is 0 Å². The summed E-state index contributed by atoms with van der Waals surface area (Å²) in [5, 5.41) is 0. The molecule has 2 fully saturated rings. The van der Waals surface area contributed by atoms with E-state index in [1.807, 2.05) is 0 Å². The first-order valence-electron chi connectivity index (χ1n) is 8.37. The van der Waals surface area contributed by atoms with Crippen molar-refractivity contribution in [3.63, 3.8) is 0 Å². The number of hydrogen-bond acceptors (Lipinski definition) is 2. The highest BCUT2D eigenvalue weighted by atomic mass is 32.1. The van der Waals surface area contributed by atoms with Gasteiger partial charge in [0.15, 0.2) is 0 Å². The molecule has 1 aromatic heterocycles. The number of rotatable bonds is 3. The van der Waals surface area contributed by atoms with Crippen molar-refractivity contribution < 1.29 is 0 Å². The summed E-state index contributed by atoms with van der Waals surface area (Å²) in [4.78, 5) is 8.32. The Morgan fingerprint density at radius 3 is 2.65 bits per heavy atom. The van der Waals surface area contributed by atoms with E-state index in [0.29, 0.717) is 11.8 Å². The summed E-state index contributed by atoms with van der Waals surface area (Å²) in [6.07, 6.45) is 12.0. The van der Waals surface area contributed by atoms with Gasteiger partial charge in [-0.1, -0.05) is 51.2 Å². The highest BCUT2D eigenvalue weighted by Crippen LogP contribution is 2.38. The highest BCUT2D eigenvalue weighted by Gasteiger charge is 2.25. The second-order valence-electron chi connectivity index (χ2n) is 6.68. The molecule has 2 unspecified atom stereocenters. The molecule has 1 heterocycles. The molecule has 3 rings (SSSR count). The molecule has 1 aromatic rings. The standard InChI is InChI=1S/C17H26N2S/c1-2-12-6-5-9-14(10-12)17-18-15(11-16(20)19-17)13-7-3-4-8-13/h11-14H,2-10H2,1H3,(H,18,19,20). The van der Waals surface area contributed by atoms with E-state index in [1.165, 1.54) is 69.3 Å². The number of nitrogens with zero attached hydrogens (tertiary/aromatic N) is 1.